The van der Waals surface area contributed by atoms with Gasteiger partial charge in [0.15, 0.2) is 0 Å². The zero-order valence-corrected chi connectivity index (χ0v) is 20.6. The Labute approximate surface area is 192 Å². The summed E-state index contributed by atoms with van der Waals surface area (Å²) in [6.07, 6.45) is 1.84. The monoisotopic (exact) mass is 579 g/mol. The van der Waals surface area contributed by atoms with E-state index in [0.717, 1.165) is 40.5 Å². The van der Waals surface area contributed by atoms with Crippen LogP contribution in [0.3, 0.4) is 0 Å². The third-order valence-corrected chi connectivity index (χ3v) is 8.18. The summed E-state index contributed by atoms with van der Waals surface area (Å²) < 4.78 is 7.26. The quantitative estimate of drug-likeness (QED) is 0.302. The number of rotatable bonds is 2. The molecular formula is C21H16Br3N3O2. The summed E-state index contributed by atoms with van der Waals surface area (Å²) in [5, 5.41) is 0.508. The highest BCUT2D eigenvalue weighted by atomic mass is 79.9. The van der Waals surface area contributed by atoms with Gasteiger partial charge < -0.3 is 4.57 Å². The molecule has 0 aliphatic rings. The SMILES string of the molecule is Cc1ccc(-c2c3c(=O)n(C)c(=O)n(C)c3cn2-c2cc(Br)c(Br)c(Br)c2)cc1. The molecule has 148 valence electrons. The Morgan fingerprint density at radius 3 is 2.03 bits per heavy atom. The summed E-state index contributed by atoms with van der Waals surface area (Å²) in [5.41, 5.74) is 3.55. The average Bonchev–Trinajstić information content (AvgIpc) is 3.10. The molecule has 2 aromatic heterocycles. The first-order valence-electron chi connectivity index (χ1n) is 8.73. The van der Waals surface area contributed by atoms with Gasteiger partial charge in [-0.05, 0) is 72.4 Å². The molecule has 29 heavy (non-hydrogen) atoms. The second-order valence-electron chi connectivity index (χ2n) is 6.90. The summed E-state index contributed by atoms with van der Waals surface area (Å²) in [4.78, 5) is 25.6. The molecule has 0 spiro atoms. The van der Waals surface area contributed by atoms with Gasteiger partial charge in [0.25, 0.3) is 5.56 Å². The minimum absolute atomic E-state index is 0.312. The van der Waals surface area contributed by atoms with E-state index in [2.05, 4.69) is 47.8 Å². The van der Waals surface area contributed by atoms with Crippen molar-refractivity contribution in [2.45, 2.75) is 6.92 Å². The van der Waals surface area contributed by atoms with E-state index in [1.54, 1.807) is 7.05 Å². The zero-order chi connectivity index (χ0) is 21.0. The summed E-state index contributed by atoms with van der Waals surface area (Å²) in [6.45, 7) is 2.02. The number of hydrogen-bond donors (Lipinski definition) is 0. The van der Waals surface area contributed by atoms with E-state index in [1.165, 1.54) is 11.6 Å². The Morgan fingerprint density at radius 1 is 0.862 bits per heavy atom. The fourth-order valence-electron chi connectivity index (χ4n) is 3.42. The maximum Gasteiger partial charge on any atom is 0.330 e. The van der Waals surface area contributed by atoms with Crippen molar-refractivity contribution >= 4 is 58.7 Å². The first kappa shape index (κ1) is 20.4. The van der Waals surface area contributed by atoms with Crippen LogP contribution in [-0.2, 0) is 14.1 Å². The first-order valence-corrected chi connectivity index (χ1v) is 11.1. The van der Waals surface area contributed by atoms with Crippen molar-refractivity contribution in [2.24, 2.45) is 14.1 Å². The van der Waals surface area contributed by atoms with E-state index in [0.29, 0.717) is 10.9 Å². The van der Waals surface area contributed by atoms with E-state index in [1.807, 2.05) is 54.1 Å². The van der Waals surface area contributed by atoms with Crippen LogP contribution in [-0.4, -0.2) is 13.7 Å². The minimum Gasteiger partial charge on any atom is -0.313 e. The number of aryl methyl sites for hydroxylation is 2. The second kappa shape index (κ2) is 7.41. The van der Waals surface area contributed by atoms with Crippen molar-refractivity contribution < 1.29 is 0 Å². The van der Waals surface area contributed by atoms with Crippen LogP contribution in [0.5, 0.6) is 0 Å². The van der Waals surface area contributed by atoms with Crippen LogP contribution in [0.2, 0.25) is 0 Å². The van der Waals surface area contributed by atoms with Crippen molar-refractivity contribution in [3.63, 3.8) is 0 Å². The lowest BCUT2D eigenvalue weighted by molar-refractivity contribution is 0.714. The Bertz CT molecular complexity index is 1370. The van der Waals surface area contributed by atoms with Gasteiger partial charge in [0.1, 0.15) is 0 Å². The number of fused-ring (bicyclic) bond motifs is 1. The molecule has 4 rings (SSSR count). The Kier molecular flexibility index (Phi) is 5.21. The van der Waals surface area contributed by atoms with Crippen LogP contribution in [0.15, 0.2) is 65.6 Å². The highest BCUT2D eigenvalue weighted by Crippen LogP contribution is 2.37. The molecule has 2 aromatic carbocycles. The topological polar surface area (TPSA) is 48.9 Å². The molecule has 0 fully saturated rings. The predicted molar refractivity (Wildman–Crippen MR) is 127 cm³/mol. The normalized spacial score (nSPS) is 11.4. The molecule has 0 amide bonds. The van der Waals surface area contributed by atoms with Gasteiger partial charge in [0, 0.05) is 39.4 Å². The number of benzene rings is 2. The molecule has 0 saturated carbocycles. The molecule has 0 N–H and O–H groups in total. The molecule has 2 heterocycles. The van der Waals surface area contributed by atoms with E-state index in [9.17, 15) is 9.59 Å². The Balaban J connectivity index is 2.20. The van der Waals surface area contributed by atoms with Crippen LogP contribution in [0.25, 0.3) is 27.8 Å². The molecule has 0 atom stereocenters. The number of nitrogens with zero attached hydrogens (tertiary/aromatic N) is 3. The lowest BCUT2D eigenvalue weighted by atomic mass is 10.1. The van der Waals surface area contributed by atoms with Crippen LogP contribution in [0.1, 0.15) is 5.56 Å². The van der Waals surface area contributed by atoms with Crippen molar-refractivity contribution in [1.82, 2.24) is 13.7 Å². The smallest absolute Gasteiger partial charge is 0.313 e. The highest BCUT2D eigenvalue weighted by molar-refractivity contribution is 9.14. The Hall–Kier alpha value is -1.90. The molecule has 0 aliphatic carbocycles. The van der Waals surface area contributed by atoms with Crippen LogP contribution in [0.4, 0.5) is 0 Å². The van der Waals surface area contributed by atoms with Gasteiger partial charge in [-0.1, -0.05) is 29.8 Å². The third kappa shape index (κ3) is 3.27. The van der Waals surface area contributed by atoms with Gasteiger partial charge >= 0.3 is 5.69 Å². The zero-order valence-electron chi connectivity index (χ0n) is 15.8. The summed E-state index contributed by atoms with van der Waals surface area (Å²) in [6, 6.07) is 11.9. The largest absolute Gasteiger partial charge is 0.330 e. The number of halogens is 3. The summed E-state index contributed by atoms with van der Waals surface area (Å²) >= 11 is 10.7. The maximum atomic E-state index is 13.1. The fourth-order valence-corrected chi connectivity index (χ4v) is 4.81. The summed E-state index contributed by atoms with van der Waals surface area (Å²) in [7, 11) is 3.19. The molecular weight excluding hydrogens is 566 g/mol. The number of aromatic nitrogens is 3. The molecule has 0 radical (unpaired) electrons. The fraction of sp³-hybridized carbons (Fsp3) is 0.143. The highest BCUT2D eigenvalue weighted by Gasteiger charge is 2.21. The van der Waals surface area contributed by atoms with E-state index in [-0.39, 0.29) is 11.2 Å². The van der Waals surface area contributed by atoms with Crippen molar-refractivity contribution in [3.8, 4) is 16.9 Å². The van der Waals surface area contributed by atoms with Crippen molar-refractivity contribution in [1.29, 1.82) is 0 Å². The first-order chi connectivity index (χ1) is 13.7. The van der Waals surface area contributed by atoms with Gasteiger partial charge in [-0.3, -0.25) is 13.9 Å². The van der Waals surface area contributed by atoms with Crippen LogP contribution in [0, 0.1) is 6.92 Å². The minimum atomic E-state index is -0.353. The molecule has 0 saturated heterocycles. The van der Waals surface area contributed by atoms with Gasteiger partial charge in [0.2, 0.25) is 0 Å². The average molecular weight is 582 g/mol. The predicted octanol–water partition coefficient (Wildman–Crippen LogP) is 5.29. The van der Waals surface area contributed by atoms with Crippen LogP contribution < -0.4 is 11.2 Å². The lowest BCUT2D eigenvalue weighted by Crippen LogP contribution is -2.36. The Morgan fingerprint density at radius 2 is 1.45 bits per heavy atom. The van der Waals surface area contributed by atoms with Crippen molar-refractivity contribution in [3.05, 3.63) is 82.4 Å². The summed E-state index contributed by atoms with van der Waals surface area (Å²) in [5.74, 6) is 0. The molecule has 8 heteroatoms. The van der Waals surface area contributed by atoms with E-state index < -0.39 is 0 Å². The van der Waals surface area contributed by atoms with Gasteiger partial charge in [-0.25, -0.2) is 4.79 Å². The molecule has 5 nitrogen and oxygen atoms in total. The van der Waals surface area contributed by atoms with Gasteiger partial charge in [-0.2, -0.15) is 0 Å². The molecule has 0 bridgehead atoms. The third-order valence-electron chi connectivity index (χ3n) is 5.01. The van der Waals surface area contributed by atoms with E-state index in [4.69, 9.17) is 0 Å². The standard InChI is InChI=1S/C21H16Br3N3O2/c1-11-4-6-12(7-5-11)19-17-16(25(2)21(29)26(3)20(17)28)10-27(19)13-8-14(22)18(24)15(23)9-13/h4-10H,1-3H3. The molecule has 4 aromatic rings. The molecule has 0 unspecified atom stereocenters. The maximum absolute atomic E-state index is 13.1. The van der Waals surface area contributed by atoms with Gasteiger partial charge in [-0.15, -0.1) is 0 Å². The van der Waals surface area contributed by atoms with E-state index >= 15 is 0 Å². The lowest BCUT2D eigenvalue weighted by Gasteiger charge is -2.12. The second-order valence-corrected chi connectivity index (χ2v) is 9.40. The molecule has 0 aliphatic heterocycles. The van der Waals surface area contributed by atoms with Crippen molar-refractivity contribution in [2.75, 3.05) is 0 Å². The van der Waals surface area contributed by atoms with Crippen LogP contribution >= 0.6 is 47.8 Å². The number of hydrogen-bond acceptors (Lipinski definition) is 2. The van der Waals surface area contributed by atoms with Gasteiger partial charge in [0.05, 0.1) is 16.6 Å².